The van der Waals surface area contributed by atoms with Crippen molar-refractivity contribution in [1.29, 1.82) is 0 Å². The van der Waals surface area contributed by atoms with E-state index in [1.165, 1.54) is 6.92 Å². The molecule has 27 heavy (non-hydrogen) atoms. The zero-order valence-electron chi connectivity index (χ0n) is 15.0. The number of ketones is 1. The molecule has 0 fully saturated rings. The number of esters is 1. The van der Waals surface area contributed by atoms with Crippen molar-refractivity contribution >= 4 is 22.8 Å². The Hall–Kier alpha value is -3.48. The Kier molecular flexibility index (Phi) is 5.30. The van der Waals surface area contributed by atoms with Crippen molar-refractivity contribution in [2.24, 2.45) is 0 Å². The zero-order valence-corrected chi connectivity index (χ0v) is 15.0. The van der Waals surface area contributed by atoms with Crippen molar-refractivity contribution < 1.29 is 23.8 Å². The lowest BCUT2D eigenvalue weighted by Crippen LogP contribution is -2.37. The maximum Gasteiger partial charge on any atom is 0.338 e. The summed E-state index contributed by atoms with van der Waals surface area (Å²) in [5.74, 6) is -0.383. The number of aromatic nitrogens is 2. The van der Waals surface area contributed by atoms with Crippen LogP contribution in [-0.4, -0.2) is 23.3 Å². The van der Waals surface area contributed by atoms with E-state index in [1.54, 1.807) is 48.5 Å². The Balaban J connectivity index is 1.84. The predicted molar refractivity (Wildman–Crippen MR) is 97.4 cm³/mol. The molecular weight excluding hydrogens is 348 g/mol. The van der Waals surface area contributed by atoms with Crippen molar-refractivity contribution in [1.82, 2.24) is 4.98 Å². The Morgan fingerprint density at radius 3 is 2.48 bits per heavy atom. The third kappa shape index (κ3) is 3.87. The van der Waals surface area contributed by atoms with E-state index in [2.05, 4.69) is 4.98 Å². The monoisotopic (exact) mass is 366 g/mol. The van der Waals surface area contributed by atoms with Crippen LogP contribution in [0.2, 0.25) is 0 Å². The molecule has 7 heteroatoms. The number of benzene rings is 2. The molecule has 1 aromatic heterocycles. The molecule has 3 rings (SSSR count). The maximum atomic E-state index is 12.5. The molecular formula is C20H18N2O5. The van der Waals surface area contributed by atoms with Crippen molar-refractivity contribution in [3.63, 3.8) is 0 Å². The number of carbonyl (C=O) groups is 2. The molecule has 0 aliphatic heterocycles. The van der Waals surface area contributed by atoms with Crippen molar-refractivity contribution in [2.45, 2.75) is 20.5 Å². The van der Waals surface area contributed by atoms with Crippen LogP contribution in [0.4, 0.5) is 0 Å². The maximum absolute atomic E-state index is 12.5. The Morgan fingerprint density at radius 2 is 1.81 bits per heavy atom. The van der Waals surface area contributed by atoms with Crippen LogP contribution < -0.4 is 9.47 Å². The minimum atomic E-state index is -0.583. The van der Waals surface area contributed by atoms with Crippen molar-refractivity contribution in [3.05, 3.63) is 70.7 Å². The number of Topliss-reactive ketones (excluding diaryl/α,β-unsaturated/α-hetero) is 1. The van der Waals surface area contributed by atoms with Gasteiger partial charge in [0.25, 0.3) is 5.69 Å². The molecule has 0 saturated heterocycles. The van der Waals surface area contributed by atoms with Gasteiger partial charge in [0.2, 0.25) is 11.3 Å². The molecule has 0 aliphatic carbocycles. The van der Waals surface area contributed by atoms with Gasteiger partial charge in [-0.25, -0.2) is 9.78 Å². The average molecular weight is 366 g/mol. The molecule has 0 radical (unpaired) electrons. The summed E-state index contributed by atoms with van der Waals surface area (Å²) in [4.78, 5) is 28.5. The van der Waals surface area contributed by atoms with Crippen LogP contribution in [0.25, 0.3) is 11.0 Å². The highest BCUT2D eigenvalue weighted by Gasteiger charge is 2.24. The smallest absolute Gasteiger partial charge is 0.338 e. The molecule has 1 heterocycles. The fourth-order valence-corrected chi connectivity index (χ4v) is 2.68. The number of para-hydroxylation sites is 2. The quantitative estimate of drug-likeness (QED) is 0.288. The normalized spacial score (nSPS) is 10.6. The van der Waals surface area contributed by atoms with E-state index in [0.717, 1.165) is 0 Å². The minimum Gasteiger partial charge on any atom is -0.618 e. The summed E-state index contributed by atoms with van der Waals surface area (Å²) in [6.07, 6.45) is 0. The molecule has 0 spiro atoms. The summed E-state index contributed by atoms with van der Waals surface area (Å²) in [5.41, 5.74) is 1.02. The van der Waals surface area contributed by atoms with Gasteiger partial charge in [0.1, 0.15) is 17.9 Å². The largest absolute Gasteiger partial charge is 0.618 e. The molecule has 0 atom stereocenters. The lowest BCUT2D eigenvalue weighted by Gasteiger charge is -2.10. The Labute approximate surface area is 155 Å². The highest BCUT2D eigenvalue weighted by molar-refractivity contribution is 5.93. The standard InChI is InChI=1S/C20H18N2O5/c1-3-26-15-10-8-14(9-11-15)20(24)27-12-17-19(13(2)23)22(25)18-7-5-4-6-16(18)21-17/h4-11H,3,12H2,1-2H3. The molecule has 138 valence electrons. The van der Waals surface area contributed by atoms with Crippen LogP contribution in [-0.2, 0) is 11.3 Å². The third-order valence-electron chi connectivity index (χ3n) is 3.91. The summed E-state index contributed by atoms with van der Waals surface area (Å²) >= 11 is 0. The zero-order chi connectivity index (χ0) is 19.4. The molecule has 7 nitrogen and oxygen atoms in total. The minimum absolute atomic E-state index is 0.121. The van der Waals surface area contributed by atoms with E-state index < -0.39 is 11.8 Å². The first kappa shape index (κ1) is 18.3. The molecule has 0 unspecified atom stereocenters. The fourth-order valence-electron chi connectivity index (χ4n) is 2.68. The van der Waals surface area contributed by atoms with Gasteiger partial charge in [-0.1, -0.05) is 12.1 Å². The van der Waals surface area contributed by atoms with Crippen LogP contribution in [0.5, 0.6) is 5.75 Å². The van der Waals surface area contributed by atoms with Crippen molar-refractivity contribution in [3.8, 4) is 5.75 Å². The Bertz CT molecular complexity index is 999. The van der Waals surface area contributed by atoms with Crippen LogP contribution in [0, 0.1) is 5.21 Å². The highest BCUT2D eigenvalue weighted by Crippen LogP contribution is 2.15. The Morgan fingerprint density at radius 1 is 1.11 bits per heavy atom. The number of fused-ring (bicyclic) bond motifs is 1. The molecule has 0 saturated carbocycles. The van der Waals surface area contributed by atoms with Gasteiger partial charge in [-0.05, 0) is 37.3 Å². The number of hydrogen-bond donors (Lipinski definition) is 0. The molecule has 0 bridgehead atoms. The molecule has 2 aromatic carbocycles. The number of ether oxygens (including phenoxy) is 2. The van der Waals surface area contributed by atoms with E-state index in [-0.39, 0.29) is 23.5 Å². The highest BCUT2D eigenvalue weighted by atomic mass is 16.5. The van der Waals surface area contributed by atoms with Crippen molar-refractivity contribution in [2.75, 3.05) is 6.61 Å². The van der Waals surface area contributed by atoms with Crippen LogP contribution >= 0.6 is 0 Å². The number of rotatable bonds is 6. The predicted octanol–water partition coefficient (Wildman–Crippen LogP) is 2.83. The van der Waals surface area contributed by atoms with Crippen LogP contribution in [0.15, 0.2) is 48.5 Å². The summed E-state index contributed by atoms with van der Waals surface area (Å²) in [6.45, 7) is 3.39. The SMILES string of the molecule is CCOc1ccc(C(=O)OCc2nc3ccccc3[n+]([O-])c2C(C)=O)cc1. The lowest BCUT2D eigenvalue weighted by molar-refractivity contribution is -0.580. The van der Waals surface area contributed by atoms with Gasteiger partial charge in [0.15, 0.2) is 5.69 Å². The first-order valence-corrected chi connectivity index (χ1v) is 8.43. The number of carbonyl (C=O) groups excluding carboxylic acids is 2. The second-order valence-electron chi connectivity index (χ2n) is 5.78. The molecule has 0 aliphatic rings. The summed E-state index contributed by atoms with van der Waals surface area (Å²) in [7, 11) is 0. The summed E-state index contributed by atoms with van der Waals surface area (Å²) in [5, 5.41) is 12.5. The fraction of sp³-hybridized carbons (Fsp3) is 0.200. The van der Waals surface area contributed by atoms with E-state index in [9.17, 15) is 14.8 Å². The molecule has 0 N–H and O–H groups in total. The summed E-state index contributed by atoms with van der Waals surface area (Å²) < 4.78 is 11.1. The van der Waals surface area contributed by atoms with Gasteiger partial charge in [-0.2, -0.15) is 4.73 Å². The lowest BCUT2D eigenvalue weighted by atomic mass is 10.2. The van der Waals surface area contributed by atoms with Gasteiger partial charge in [0.05, 0.1) is 12.2 Å². The first-order valence-electron chi connectivity index (χ1n) is 8.43. The van der Waals surface area contributed by atoms with Gasteiger partial charge in [-0.3, -0.25) is 4.79 Å². The van der Waals surface area contributed by atoms with Crippen LogP contribution in [0.1, 0.15) is 40.4 Å². The second-order valence-corrected chi connectivity index (χ2v) is 5.78. The number of hydrogen-bond acceptors (Lipinski definition) is 6. The summed E-state index contributed by atoms with van der Waals surface area (Å²) in [6, 6.07) is 13.2. The second kappa shape index (κ2) is 7.82. The number of nitrogens with zero attached hydrogens (tertiary/aromatic N) is 2. The van der Waals surface area contributed by atoms with Gasteiger partial charge < -0.3 is 14.7 Å². The third-order valence-corrected chi connectivity index (χ3v) is 3.91. The van der Waals surface area contributed by atoms with Gasteiger partial charge >= 0.3 is 5.97 Å². The molecule has 3 aromatic rings. The van der Waals surface area contributed by atoms with E-state index in [4.69, 9.17) is 9.47 Å². The average Bonchev–Trinajstić information content (AvgIpc) is 2.66. The van der Waals surface area contributed by atoms with E-state index in [0.29, 0.717) is 28.2 Å². The van der Waals surface area contributed by atoms with Gasteiger partial charge in [-0.15, -0.1) is 0 Å². The van der Waals surface area contributed by atoms with Gasteiger partial charge in [0, 0.05) is 13.0 Å². The van der Waals surface area contributed by atoms with E-state index >= 15 is 0 Å². The first-order chi connectivity index (χ1) is 13.0. The van der Waals surface area contributed by atoms with Crippen LogP contribution in [0.3, 0.4) is 0 Å². The molecule has 0 amide bonds. The topological polar surface area (TPSA) is 92.4 Å². The van der Waals surface area contributed by atoms with E-state index in [1.807, 2.05) is 6.92 Å².